The quantitative estimate of drug-likeness (QED) is 0.594. The number of hydrogen-bond acceptors (Lipinski definition) is 9. The summed E-state index contributed by atoms with van der Waals surface area (Å²) in [6.45, 7) is 1.05. The number of methoxy groups -OCH3 is 3. The number of carbonyl (C=O) groups excluding carboxylic acids is 2. The summed E-state index contributed by atoms with van der Waals surface area (Å²) in [6, 6.07) is 4.94. The number of nitrogens with zero attached hydrogens (tertiary/aromatic N) is 1. The molecule has 1 amide bonds. The first-order valence-electron chi connectivity index (χ1n) is 8.24. The number of aryl methyl sites for hydroxylation is 1. The molecule has 1 aromatic heterocycles. The van der Waals surface area contributed by atoms with E-state index in [0.29, 0.717) is 23.0 Å². The minimum atomic E-state index is -0.705. The van der Waals surface area contributed by atoms with Crippen LogP contribution in [0.4, 0.5) is 0 Å². The number of aromatic nitrogens is 1. The summed E-state index contributed by atoms with van der Waals surface area (Å²) in [5.41, 5.74) is 0.721. The first-order valence-corrected chi connectivity index (χ1v) is 8.24. The normalized spacial score (nSPS) is 10.1. The third-order valence-electron chi connectivity index (χ3n) is 3.52. The molecule has 2 rings (SSSR count). The third kappa shape index (κ3) is 5.79. The van der Waals surface area contributed by atoms with Gasteiger partial charge < -0.3 is 33.5 Å². The molecule has 10 nitrogen and oxygen atoms in total. The summed E-state index contributed by atoms with van der Waals surface area (Å²) >= 11 is 0. The Hall–Kier alpha value is -3.43. The number of hydrogen-bond donors (Lipinski definition) is 1. The maximum atomic E-state index is 11.9. The summed E-state index contributed by atoms with van der Waals surface area (Å²) in [7, 11) is 4.51. The first-order chi connectivity index (χ1) is 13.5. The molecule has 0 fully saturated rings. The molecule has 0 radical (unpaired) electrons. The fourth-order valence-corrected chi connectivity index (χ4v) is 2.22. The van der Waals surface area contributed by atoms with Gasteiger partial charge >= 0.3 is 5.97 Å². The number of esters is 1. The van der Waals surface area contributed by atoms with Gasteiger partial charge in [0.15, 0.2) is 24.7 Å². The van der Waals surface area contributed by atoms with Crippen molar-refractivity contribution >= 4 is 11.9 Å². The average molecular weight is 394 g/mol. The maximum Gasteiger partial charge on any atom is 0.344 e. The molecule has 0 saturated carbocycles. The Morgan fingerprint density at radius 3 is 2.25 bits per heavy atom. The van der Waals surface area contributed by atoms with Crippen molar-refractivity contribution in [1.82, 2.24) is 10.5 Å². The SMILES string of the molecule is COc1cc(CNC(=O)COC(=O)COc2cc(C)on2)cc(OC)c1OC. The van der Waals surface area contributed by atoms with Crippen LogP contribution in [0.2, 0.25) is 0 Å². The third-order valence-corrected chi connectivity index (χ3v) is 3.52. The molecule has 1 heterocycles. The minimum Gasteiger partial charge on any atom is -0.493 e. The molecule has 28 heavy (non-hydrogen) atoms. The van der Waals surface area contributed by atoms with Crippen molar-refractivity contribution in [3.05, 3.63) is 29.5 Å². The zero-order chi connectivity index (χ0) is 20.5. The van der Waals surface area contributed by atoms with E-state index in [9.17, 15) is 9.59 Å². The lowest BCUT2D eigenvalue weighted by atomic mass is 10.1. The Balaban J connectivity index is 1.79. The predicted molar refractivity (Wildman–Crippen MR) is 95.6 cm³/mol. The smallest absolute Gasteiger partial charge is 0.344 e. The highest BCUT2D eigenvalue weighted by molar-refractivity contribution is 5.80. The van der Waals surface area contributed by atoms with E-state index >= 15 is 0 Å². The number of carbonyl (C=O) groups is 2. The topological polar surface area (TPSA) is 118 Å². The van der Waals surface area contributed by atoms with Gasteiger partial charge in [-0.3, -0.25) is 4.79 Å². The molecule has 0 saturated heterocycles. The fraction of sp³-hybridized carbons (Fsp3) is 0.389. The molecule has 1 aromatic carbocycles. The van der Waals surface area contributed by atoms with Gasteiger partial charge in [0.25, 0.3) is 11.8 Å². The number of rotatable bonds is 10. The van der Waals surface area contributed by atoms with Gasteiger partial charge in [0, 0.05) is 12.6 Å². The van der Waals surface area contributed by atoms with E-state index in [4.69, 9.17) is 28.2 Å². The molecule has 152 valence electrons. The van der Waals surface area contributed by atoms with Crippen molar-refractivity contribution in [2.24, 2.45) is 0 Å². The molecule has 0 atom stereocenters. The Morgan fingerprint density at radius 1 is 1.04 bits per heavy atom. The van der Waals surface area contributed by atoms with E-state index < -0.39 is 18.5 Å². The van der Waals surface area contributed by atoms with Crippen LogP contribution in [0.15, 0.2) is 22.7 Å². The second-order valence-electron chi connectivity index (χ2n) is 5.54. The molecule has 0 spiro atoms. The van der Waals surface area contributed by atoms with E-state index in [-0.39, 0.29) is 19.0 Å². The average Bonchev–Trinajstić information content (AvgIpc) is 3.13. The highest BCUT2D eigenvalue weighted by atomic mass is 16.6. The van der Waals surface area contributed by atoms with Crippen molar-refractivity contribution in [1.29, 1.82) is 0 Å². The number of ether oxygens (including phenoxy) is 5. The molecule has 2 aromatic rings. The summed E-state index contributed by atoms with van der Waals surface area (Å²) in [6.07, 6.45) is 0. The molecular formula is C18H22N2O8. The van der Waals surface area contributed by atoms with Gasteiger partial charge in [0.05, 0.1) is 21.3 Å². The van der Waals surface area contributed by atoms with Gasteiger partial charge in [0.2, 0.25) is 5.75 Å². The lowest BCUT2D eigenvalue weighted by Crippen LogP contribution is -2.29. The largest absolute Gasteiger partial charge is 0.493 e. The molecule has 0 aliphatic rings. The van der Waals surface area contributed by atoms with Crippen molar-refractivity contribution in [3.63, 3.8) is 0 Å². The minimum absolute atomic E-state index is 0.168. The molecule has 0 unspecified atom stereocenters. The zero-order valence-corrected chi connectivity index (χ0v) is 16.1. The number of amides is 1. The van der Waals surface area contributed by atoms with Gasteiger partial charge in [-0.25, -0.2) is 4.79 Å². The fourth-order valence-electron chi connectivity index (χ4n) is 2.22. The summed E-state index contributed by atoms with van der Waals surface area (Å²) < 4.78 is 30.5. The molecular weight excluding hydrogens is 372 g/mol. The highest BCUT2D eigenvalue weighted by Gasteiger charge is 2.14. The van der Waals surface area contributed by atoms with Crippen molar-refractivity contribution < 1.29 is 37.8 Å². The zero-order valence-electron chi connectivity index (χ0n) is 16.1. The van der Waals surface area contributed by atoms with Crippen LogP contribution in [0.25, 0.3) is 0 Å². The molecule has 0 aliphatic carbocycles. The predicted octanol–water partition coefficient (Wildman–Crippen LogP) is 1.25. The summed E-state index contributed by atoms with van der Waals surface area (Å²) in [5, 5.41) is 6.21. The maximum absolute atomic E-state index is 11.9. The molecule has 0 aliphatic heterocycles. The van der Waals surface area contributed by atoms with Gasteiger partial charge in [-0.1, -0.05) is 0 Å². The van der Waals surface area contributed by atoms with E-state index in [1.807, 2.05) is 0 Å². The van der Waals surface area contributed by atoms with Crippen molar-refractivity contribution in [2.75, 3.05) is 34.5 Å². The molecule has 10 heteroatoms. The van der Waals surface area contributed by atoms with Crippen LogP contribution in [-0.2, 0) is 20.9 Å². The molecule has 0 bridgehead atoms. The standard InChI is InChI=1S/C18H22N2O8/c1-11-5-16(20-28-11)26-10-17(22)27-9-15(21)19-8-12-6-13(23-2)18(25-4)14(7-12)24-3/h5-7H,8-10H2,1-4H3,(H,19,21). The second-order valence-corrected chi connectivity index (χ2v) is 5.54. The van der Waals surface area contributed by atoms with E-state index in [0.717, 1.165) is 5.56 Å². The Kier molecular flexibility index (Phi) is 7.49. The van der Waals surface area contributed by atoms with E-state index in [1.165, 1.54) is 27.4 Å². The van der Waals surface area contributed by atoms with E-state index in [1.54, 1.807) is 19.1 Å². The van der Waals surface area contributed by atoms with Crippen molar-refractivity contribution in [3.8, 4) is 23.1 Å². The van der Waals surface area contributed by atoms with Gasteiger partial charge in [-0.15, -0.1) is 0 Å². The highest BCUT2D eigenvalue weighted by Crippen LogP contribution is 2.38. The van der Waals surface area contributed by atoms with E-state index in [2.05, 4.69) is 10.5 Å². The van der Waals surface area contributed by atoms with Gasteiger partial charge in [-0.05, 0) is 29.8 Å². The van der Waals surface area contributed by atoms with Gasteiger partial charge in [0.1, 0.15) is 5.76 Å². The summed E-state index contributed by atoms with van der Waals surface area (Å²) in [4.78, 5) is 23.5. The van der Waals surface area contributed by atoms with Crippen LogP contribution in [0.1, 0.15) is 11.3 Å². The second kappa shape index (κ2) is 10.0. The van der Waals surface area contributed by atoms with Crippen molar-refractivity contribution in [2.45, 2.75) is 13.5 Å². The van der Waals surface area contributed by atoms with Crippen LogP contribution in [0.3, 0.4) is 0 Å². The number of nitrogens with one attached hydrogen (secondary N) is 1. The Labute approximate surface area is 161 Å². The first kappa shape index (κ1) is 20.9. The van der Waals surface area contributed by atoms with Gasteiger partial charge in [-0.2, -0.15) is 0 Å². The lowest BCUT2D eigenvalue weighted by molar-refractivity contribution is -0.150. The van der Waals surface area contributed by atoms with Crippen LogP contribution in [-0.4, -0.2) is 51.6 Å². The van der Waals surface area contributed by atoms with Crippen LogP contribution >= 0.6 is 0 Å². The van der Waals surface area contributed by atoms with Crippen LogP contribution in [0, 0.1) is 6.92 Å². The molecule has 1 N–H and O–H groups in total. The van der Waals surface area contributed by atoms with Crippen LogP contribution in [0.5, 0.6) is 23.1 Å². The lowest BCUT2D eigenvalue weighted by Gasteiger charge is -2.14. The Morgan fingerprint density at radius 2 is 1.71 bits per heavy atom. The number of benzene rings is 1. The monoisotopic (exact) mass is 394 g/mol. The van der Waals surface area contributed by atoms with Crippen LogP contribution < -0.4 is 24.3 Å². The summed E-state index contributed by atoms with van der Waals surface area (Å²) in [5.74, 6) is 0.936. The Bertz CT molecular complexity index is 793.